The second-order valence-electron chi connectivity index (χ2n) is 4.03. The van der Waals surface area contributed by atoms with Crippen LogP contribution in [0.25, 0.3) is 0 Å². The molecular formula is C13H18FNO2. The first-order valence-corrected chi connectivity index (χ1v) is 5.73. The maximum Gasteiger partial charge on any atom is 0.326 e. The van der Waals surface area contributed by atoms with Crippen molar-refractivity contribution in [2.45, 2.75) is 38.8 Å². The van der Waals surface area contributed by atoms with Crippen LogP contribution in [0.4, 0.5) is 4.39 Å². The Hall–Kier alpha value is -1.42. The van der Waals surface area contributed by atoms with Gasteiger partial charge in [0, 0.05) is 5.56 Å². The van der Waals surface area contributed by atoms with E-state index in [4.69, 9.17) is 10.5 Å². The van der Waals surface area contributed by atoms with Gasteiger partial charge >= 0.3 is 5.97 Å². The van der Waals surface area contributed by atoms with Crippen molar-refractivity contribution in [3.63, 3.8) is 0 Å². The molecule has 2 N–H and O–H groups in total. The van der Waals surface area contributed by atoms with E-state index in [1.807, 2.05) is 13.8 Å². The van der Waals surface area contributed by atoms with Gasteiger partial charge in [0.05, 0.1) is 0 Å². The van der Waals surface area contributed by atoms with Crippen LogP contribution >= 0.6 is 0 Å². The molecule has 0 radical (unpaired) electrons. The lowest BCUT2D eigenvalue weighted by molar-refractivity contribution is -0.151. The molecule has 0 fully saturated rings. The standard InChI is InChI=1S/C13H18FNO2/c1-3-13(15,4-2)12(16)17-9-10-7-5-6-8-11(10)14/h5-8H,3-4,9,15H2,1-2H3. The normalized spacial score (nSPS) is 11.3. The number of carbonyl (C=O) groups excluding carboxylic acids is 1. The second kappa shape index (κ2) is 5.77. The summed E-state index contributed by atoms with van der Waals surface area (Å²) in [6.07, 6.45) is 0.999. The van der Waals surface area contributed by atoms with Gasteiger partial charge in [-0.15, -0.1) is 0 Å². The zero-order chi connectivity index (χ0) is 12.9. The number of esters is 1. The summed E-state index contributed by atoms with van der Waals surface area (Å²) < 4.78 is 18.3. The number of ether oxygens (including phenoxy) is 1. The van der Waals surface area contributed by atoms with Crippen molar-refractivity contribution in [1.29, 1.82) is 0 Å². The van der Waals surface area contributed by atoms with Gasteiger partial charge in [0.1, 0.15) is 18.0 Å². The van der Waals surface area contributed by atoms with Crippen LogP contribution in [0.2, 0.25) is 0 Å². The van der Waals surface area contributed by atoms with Crippen molar-refractivity contribution in [2.24, 2.45) is 5.73 Å². The Kier molecular flexibility index (Phi) is 4.63. The van der Waals surface area contributed by atoms with E-state index < -0.39 is 11.5 Å². The van der Waals surface area contributed by atoms with Gasteiger partial charge in [0.15, 0.2) is 0 Å². The highest BCUT2D eigenvalue weighted by Gasteiger charge is 2.31. The highest BCUT2D eigenvalue weighted by molar-refractivity contribution is 5.80. The van der Waals surface area contributed by atoms with Crippen molar-refractivity contribution in [1.82, 2.24) is 0 Å². The molecule has 0 aliphatic carbocycles. The van der Waals surface area contributed by atoms with E-state index in [0.717, 1.165) is 0 Å². The van der Waals surface area contributed by atoms with Crippen LogP contribution in [0.3, 0.4) is 0 Å². The number of nitrogens with two attached hydrogens (primary N) is 1. The van der Waals surface area contributed by atoms with E-state index in [9.17, 15) is 9.18 Å². The second-order valence-corrected chi connectivity index (χ2v) is 4.03. The van der Waals surface area contributed by atoms with Crippen LogP contribution in [0.1, 0.15) is 32.3 Å². The molecule has 0 saturated carbocycles. The highest BCUT2D eigenvalue weighted by atomic mass is 19.1. The Morgan fingerprint density at radius 3 is 2.47 bits per heavy atom. The van der Waals surface area contributed by atoms with Gasteiger partial charge in [0.2, 0.25) is 0 Å². The van der Waals surface area contributed by atoms with Gasteiger partial charge in [-0.2, -0.15) is 0 Å². The van der Waals surface area contributed by atoms with Crippen molar-refractivity contribution in [3.05, 3.63) is 35.6 Å². The third-order valence-electron chi connectivity index (χ3n) is 2.98. The third-order valence-corrected chi connectivity index (χ3v) is 2.98. The van der Waals surface area contributed by atoms with Crippen LogP contribution in [-0.4, -0.2) is 11.5 Å². The van der Waals surface area contributed by atoms with Crippen LogP contribution in [0, 0.1) is 5.82 Å². The van der Waals surface area contributed by atoms with Crippen molar-refractivity contribution in [2.75, 3.05) is 0 Å². The molecule has 4 heteroatoms. The molecular weight excluding hydrogens is 221 g/mol. The molecule has 0 saturated heterocycles. The molecule has 1 aromatic rings. The van der Waals surface area contributed by atoms with Crippen LogP contribution in [-0.2, 0) is 16.1 Å². The van der Waals surface area contributed by atoms with Crippen LogP contribution in [0.15, 0.2) is 24.3 Å². The number of rotatable bonds is 5. The van der Waals surface area contributed by atoms with Crippen molar-refractivity contribution >= 4 is 5.97 Å². The fourth-order valence-electron chi connectivity index (χ4n) is 1.44. The van der Waals surface area contributed by atoms with E-state index in [2.05, 4.69) is 0 Å². The summed E-state index contributed by atoms with van der Waals surface area (Å²) in [4.78, 5) is 11.7. The Balaban J connectivity index is 2.63. The molecule has 1 rings (SSSR count). The monoisotopic (exact) mass is 239 g/mol. The van der Waals surface area contributed by atoms with Crippen molar-refractivity contribution < 1.29 is 13.9 Å². The largest absolute Gasteiger partial charge is 0.459 e. The number of hydrogen-bond acceptors (Lipinski definition) is 3. The molecule has 0 bridgehead atoms. The molecule has 0 aliphatic heterocycles. The summed E-state index contributed by atoms with van der Waals surface area (Å²) in [7, 11) is 0. The topological polar surface area (TPSA) is 52.3 Å². The highest BCUT2D eigenvalue weighted by Crippen LogP contribution is 2.15. The van der Waals surface area contributed by atoms with Gasteiger partial charge < -0.3 is 10.5 Å². The zero-order valence-corrected chi connectivity index (χ0v) is 10.2. The zero-order valence-electron chi connectivity index (χ0n) is 10.2. The molecule has 0 aliphatic rings. The van der Waals surface area contributed by atoms with Gasteiger partial charge in [-0.25, -0.2) is 4.39 Å². The first-order chi connectivity index (χ1) is 8.03. The number of halogens is 1. The fraction of sp³-hybridized carbons (Fsp3) is 0.462. The Morgan fingerprint density at radius 1 is 1.35 bits per heavy atom. The van der Waals surface area contributed by atoms with E-state index in [0.29, 0.717) is 18.4 Å². The smallest absolute Gasteiger partial charge is 0.326 e. The quantitative estimate of drug-likeness (QED) is 0.803. The van der Waals surface area contributed by atoms with Gasteiger partial charge in [0.25, 0.3) is 0 Å². The molecule has 0 atom stereocenters. The maximum atomic E-state index is 13.3. The summed E-state index contributed by atoms with van der Waals surface area (Å²) in [5, 5.41) is 0. The Bertz CT molecular complexity index is 389. The molecule has 0 spiro atoms. The van der Waals surface area contributed by atoms with E-state index >= 15 is 0 Å². The minimum atomic E-state index is -0.967. The first-order valence-electron chi connectivity index (χ1n) is 5.73. The molecule has 0 amide bonds. The van der Waals surface area contributed by atoms with E-state index in [1.54, 1.807) is 18.2 Å². The molecule has 94 valence electrons. The van der Waals surface area contributed by atoms with Crippen LogP contribution < -0.4 is 5.73 Å². The average Bonchev–Trinajstić information content (AvgIpc) is 2.36. The molecule has 0 unspecified atom stereocenters. The number of hydrogen-bond donors (Lipinski definition) is 1. The Morgan fingerprint density at radius 2 is 1.94 bits per heavy atom. The summed E-state index contributed by atoms with van der Waals surface area (Å²) >= 11 is 0. The lowest BCUT2D eigenvalue weighted by Gasteiger charge is -2.24. The fourth-order valence-corrected chi connectivity index (χ4v) is 1.44. The number of carbonyl (C=O) groups is 1. The molecule has 17 heavy (non-hydrogen) atoms. The summed E-state index contributed by atoms with van der Waals surface area (Å²) in [6, 6.07) is 6.20. The molecule has 1 aromatic carbocycles. The summed E-state index contributed by atoms with van der Waals surface area (Å²) in [5.41, 5.74) is 5.26. The predicted octanol–water partition coefficient (Wildman–Crippen LogP) is 2.39. The summed E-state index contributed by atoms with van der Waals surface area (Å²) in [6.45, 7) is 3.58. The van der Waals surface area contributed by atoms with Gasteiger partial charge in [-0.05, 0) is 18.9 Å². The first kappa shape index (κ1) is 13.6. The van der Waals surface area contributed by atoms with E-state index in [-0.39, 0.29) is 12.4 Å². The third kappa shape index (κ3) is 3.27. The van der Waals surface area contributed by atoms with E-state index in [1.165, 1.54) is 6.07 Å². The molecule has 0 aromatic heterocycles. The molecule has 0 heterocycles. The van der Waals surface area contributed by atoms with Crippen LogP contribution in [0.5, 0.6) is 0 Å². The van der Waals surface area contributed by atoms with Gasteiger partial charge in [-0.1, -0.05) is 32.0 Å². The SMILES string of the molecule is CCC(N)(CC)C(=O)OCc1ccccc1F. The lowest BCUT2D eigenvalue weighted by Crippen LogP contribution is -2.47. The van der Waals surface area contributed by atoms with Gasteiger partial charge in [-0.3, -0.25) is 4.79 Å². The lowest BCUT2D eigenvalue weighted by atomic mass is 9.95. The molecule has 3 nitrogen and oxygen atoms in total. The van der Waals surface area contributed by atoms with Crippen molar-refractivity contribution in [3.8, 4) is 0 Å². The minimum absolute atomic E-state index is 0.0789. The Labute approximate surface area is 101 Å². The predicted molar refractivity (Wildman–Crippen MR) is 63.7 cm³/mol. The summed E-state index contributed by atoms with van der Waals surface area (Å²) in [5.74, 6) is -0.860. The average molecular weight is 239 g/mol. The minimum Gasteiger partial charge on any atom is -0.459 e. The number of benzene rings is 1. The maximum absolute atomic E-state index is 13.3.